The molecule has 154 valence electrons. The number of hydrogen-bond donors (Lipinski definition) is 2. The Balaban J connectivity index is 1.65. The van der Waals surface area contributed by atoms with Gasteiger partial charge in [0.2, 0.25) is 0 Å². The number of phenols is 2. The second-order valence-corrected chi connectivity index (χ2v) is 7.67. The van der Waals surface area contributed by atoms with Crippen molar-refractivity contribution in [2.75, 3.05) is 31.1 Å². The molecule has 2 aromatic carbocycles. The van der Waals surface area contributed by atoms with Gasteiger partial charge in [-0.05, 0) is 42.3 Å². The molecule has 0 spiro atoms. The molecule has 1 fully saturated rings. The van der Waals surface area contributed by atoms with Crippen LogP contribution >= 0.6 is 0 Å². The van der Waals surface area contributed by atoms with Crippen molar-refractivity contribution in [2.24, 2.45) is 5.92 Å². The van der Waals surface area contributed by atoms with Crippen LogP contribution in [0.3, 0.4) is 0 Å². The van der Waals surface area contributed by atoms with Gasteiger partial charge in [0.05, 0.1) is 5.69 Å². The third-order valence-electron chi connectivity index (χ3n) is 4.99. The van der Waals surface area contributed by atoms with Crippen LogP contribution in [0, 0.1) is 11.7 Å². The van der Waals surface area contributed by atoms with E-state index in [0.717, 1.165) is 0 Å². The number of halogens is 1. The van der Waals surface area contributed by atoms with Crippen LogP contribution < -0.4 is 4.90 Å². The maximum Gasteiger partial charge on any atom is 0.254 e. The molecule has 6 nitrogen and oxygen atoms in total. The van der Waals surface area contributed by atoms with Crippen LogP contribution in [0.5, 0.6) is 11.5 Å². The normalized spacial score (nSPS) is 14.3. The Bertz CT molecular complexity index is 921. The molecule has 1 amide bonds. The summed E-state index contributed by atoms with van der Waals surface area (Å²) in [7, 11) is 0. The topological polar surface area (TPSA) is 81.1 Å². The minimum Gasteiger partial charge on any atom is -0.504 e. The van der Waals surface area contributed by atoms with Crippen molar-refractivity contribution >= 4 is 17.4 Å². The van der Waals surface area contributed by atoms with Gasteiger partial charge in [-0.2, -0.15) is 0 Å². The number of rotatable bonds is 5. The number of amides is 1. The molecular formula is C22H25FN2O4. The van der Waals surface area contributed by atoms with Crippen LogP contribution in [0.25, 0.3) is 0 Å². The summed E-state index contributed by atoms with van der Waals surface area (Å²) in [4.78, 5) is 28.2. The lowest BCUT2D eigenvalue weighted by molar-refractivity contribution is 0.0746. The van der Waals surface area contributed by atoms with Crippen molar-refractivity contribution in [3.63, 3.8) is 0 Å². The van der Waals surface area contributed by atoms with E-state index >= 15 is 0 Å². The largest absolute Gasteiger partial charge is 0.504 e. The summed E-state index contributed by atoms with van der Waals surface area (Å²) >= 11 is 0. The molecule has 0 unspecified atom stereocenters. The predicted octanol–water partition coefficient (Wildman–Crippen LogP) is 3.43. The summed E-state index contributed by atoms with van der Waals surface area (Å²) in [6, 6.07) is 8.53. The number of benzene rings is 2. The SMILES string of the molecule is CC(C)CC(=O)c1ccc(N2CCN(C(=O)c3ccc(O)c(O)c3)CC2)c(F)c1. The Kier molecular flexibility index (Phi) is 6.06. The van der Waals surface area contributed by atoms with E-state index in [1.165, 1.54) is 24.3 Å². The van der Waals surface area contributed by atoms with Crippen LogP contribution in [0.4, 0.5) is 10.1 Å². The highest BCUT2D eigenvalue weighted by Crippen LogP contribution is 2.27. The van der Waals surface area contributed by atoms with E-state index in [-0.39, 0.29) is 34.7 Å². The highest BCUT2D eigenvalue weighted by molar-refractivity contribution is 5.96. The highest BCUT2D eigenvalue weighted by atomic mass is 19.1. The van der Waals surface area contributed by atoms with E-state index in [2.05, 4.69) is 0 Å². The predicted molar refractivity (Wildman–Crippen MR) is 108 cm³/mol. The zero-order chi connectivity index (χ0) is 21.1. The number of aromatic hydroxyl groups is 2. The molecule has 1 aliphatic heterocycles. The van der Waals surface area contributed by atoms with Gasteiger partial charge < -0.3 is 20.0 Å². The molecule has 0 bridgehead atoms. The molecule has 3 rings (SSSR count). The van der Waals surface area contributed by atoms with Gasteiger partial charge in [0.1, 0.15) is 5.82 Å². The van der Waals surface area contributed by atoms with Crippen molar-refractivity contribution in [1.82, 2.24) is 4.90 Å². The lowest BCUT2D eigenvalue weighted by Gasteiger charge is -2.36. The van der Waals surface area contributed by atoms with Gasteiger partial charge in [-0.3, -0.25) is 9.59 Å². The van der Waals surface area contributed by atoms with E-state index in [1.807, 2.05) is 18.7 Å². The maximum absolute atomic E-state index is 14.6. The first-order valence-electron chi connectivity index (χ1n) is 9.65. The van der Waals surface area contributed by atoms with Gasteiger partial charge in [-0.15, -0.1) is 0 Å². The smallest absolute Gasteiger partial charge is 0.254 e. The van der Waals surface area contributed by atoms with E-state index < -0.39 is 5.82 Å². The molecule has 0 radical (unpaired) electrons. The Morgan fingerprint density at radius 1 is 0.966 bits per heavy atom. The van der Waals surface area contributed by atoms with Crippen molar-refractivity contribution < 1.29 is 24.2 Å². The van der Waals surface area contributed by atoms with Crippen LogP contribution in [-0.4, -0.2) is 53.0 Å². The fourth-order valence-corrected chi connectivity index (χ4v) is 3.41. The van der Waals surface area contributed by atoms with Crippen molar-refractivity contribution in [1.29, 1.82) is 0 Å². The Hall–Kier alpha value is -3.09. The van der Waals surface area contributed by atoms with Gasteiger partial charge >= 0.3 is 0 Å². The van der Waals surface area contributed by atoms with Crippen LogP contribution in [0.1, 0.15) is 41.0 Å². The zero-order valence-electron chi connectivity index (χ0n) is 16.6. The van der Waals surface area contributed by atoms with Crippen molar-refractivity contribution in [3.8, 4) is 11.5 Å². The number of anilines is 1. The van der Waals surface area contributed by atoms with Crippen LogP contribution in [0.15, 0.2) is 36.4 Å². The number of nitrogens with zero attached hydrogens (tertiary/aromatic N) is 2. The van der Waals surface area contributed by atoms with Crippen LogP contribution in [0.2, 0.25) is 0 Å². The van der Waals surface area contributed by atoms with Gasteiger partial charge in [-0.25, -0.2) is 4.39 Å². The molecule has 1 heterocycles. The Labute approximate surface area is 169 Å². The van der Waals surface area contributed by atoms with E-state index in [1.54, 1.807) is 17.0 Å². The van der Waals surface area contributed by atoms with E-state index in [4.69, 9.17) is 0 Å². The monoisotopic (exact) mass is 400 g/mol. The summed E-state index contributed by atoms with van der Waals surface area (Å²) in [5.41, 5.74) is 1.08. The third-order valence-corrected chi connectivity index (χ3v) is 4.99. The van der Waals surface area contributed by atoms with Gasteiger partial charge in [0.15, 0.2) is 17.3 Å². The fraction of sp³-hybridized carbons (Fsp3) is 0.364. The fourth-order valence-electron chi connectivity index (χ4n) is 3.41. The second-order valence-electron chi connectivity index (χ2n) is 7.67. The lowest BCUT2D eigenvalue weighted by Crippen LogP contribution is -2.49. The lowest BCUT2D eigenvalue weighted by atomic mass is 10.0. The minimum atomic E-state index is -0.442. The van der Waals surface area contributed by atoms with Gasteiger partial charge in [0.25, 0.3) is 5.91 Å². The van der Waals surface area contributed by atoms with E-state index in [9.17, 15) is 24.2 Å². The number of carbonyl (C=O) groups is 2. The molecule has 29 heavy (non-hydrogen) atoms. The molecule has 2 aromatic rings. The minimum absolute atomic E-state index is 0.0713. The number of ketones is 1. The number of carbonyl (C=O) groups excluding carboxylic acids is 2. The Morgan fingerprint density at radius 3 is 2.21 bits per heavy atom. The first kappa shape index (κ1) is 20.6. The van der Waals surface area contributed by atoms with Gasteiger partial charge in [-0.1, -0.05) is 13.8 Å². The van der Waals surface area contributed by atoms with Crippen LogP contribution in [-0.2, 0) is 0 Å². The number of phenolic OH excluding ortho intramolecular Hbond substituents is 2. The summed E-state index contributed by atoms with van der Waals surface area (Å²) in [5.74, 6) is -1.18. The van der Waals surface area contributed by atoms with E-state index in [0.29, 0.717) is 43.9 Å². The average molecular weight is 400 g/mol. The number of piperazine rings is 1. The highest BCUT2D eigenvalue weighted by Gasteiger charge is 2.24. The average Bonchev–Trinajstić information content (AvgIpc) is 2.69. The standard InChI is InChI=1S/C22H25FN2O4/c1-14(2)11-20(27)15-3-5-18(17(23)12-15)24-7-9-25(10-8-24)22(29)16-4-6-19(26)21(28)13-16/h3-6,12-14,26,28H,7-11H2,1-2H3. The molecule has 0 aromatic heterocycles. The van der Waals surface area contributed by atoms with Crippen molar-refractivity contribution in [2.45, 2.75) is 20.3 Å². The molecule has 1 saturated heterocycles. The maximum atomic E-state index is 14.6. The Morgan fingerprint density at radius 2 is 1.62 bits per heavy atom. The van der Waals surface area contributed by atoms with Crippen molar-refractivity contribution in [3.05, 3.63) is 53.3 Å². The first-order chi connectivity index (χ1) is 13.8. The zero-order valence-corrected chi connectivity index (χ0v) is 16.6. The molecule has 7 heteroatoms. The van der Waals surface area contributed by atoms with Gasteiger partial charge in [0, 0.05) is 43.7 Å². The molecular weight excluding hydrogens is 375 g/mol. The molecule has 0 atom stereocenters. The molecule has 0 saturated carbocycles. The molecule has 0 aliphatic carbocycles. The third kappa shape index (κ3) is 4.67. The first-order valence-corrected chi connectivity index (χ1v) is 9.65. The summed E-state index contributed by atoms with van der Waals surface area (Å²) in [6.45, 7) is 5.59. The summed E-state index contributed by atoms with van der Waals surface area (Å²) in [6.07, 6.45) is 0.381. The number of hydrogen-bond acceptors (Lipinski definition) is 5. The molecule has 1 aliphatic rings. The number of Topliss-reactive ketones (excluding diaryl/α,β-unsaturated/α-hetero) is 1. The summed E-state index contributed by atoms with van der Waals surface area (Å²) in [5, 5.41) is 19.0. The summed E-state index contributed by atoms with van der Waals surface area (Å²) < 4.78 is 14.6. The second kappa shape index (κ2) is 8.51. The quantitative estimate of drug-likeness (QED) is 0.594. The molecule has 2 N–H and O–H groups in total.